The molecule has 10 heteroatoms. The summed E-state index contributed by atoms with van der Waals surface area (Å²) in [7, 11) is 0. The molecule has 1 aromatic heterocycles. The normalized spacial score (nSPS) is 11.2. The van der Waals surface area contributed by atoms with Crippen LogP contribution in [0.1, 0.15) is 21.7 Å². The van der Waals surface area contributed by atoms with Crippen molar-refractivity contribution in [2.45, 2.75) is 13.1 Å². The lowest BCUT2D eigenvalue weighted by Crippen LogP contribution is -2.23. The van der Waals surface area contributed by atoms with Crippen LogP contribution < -0.4 is 5.32 Å². The third-order valence-corrected chi connectivity index (χ3v) is 4.24. The molecule has 0 radical (unpaired) electrons. The highest BCUT2D eigenvalue weighted by atomic mass is 35.5. The highest BCUT2D eigenvalue weighted by Gasteiger charge is 2.34. The van der Waals surface area contributed by atoms with Crippen LogP contribution in [0, 0.1) is 6.92 Å². The van der Waals surface area contributed by atoms with E-state index in [1.807, 2.05) is 0 Å². The summed E-state index contributed by atoms with van der Waals surface area (Å²) >= 11 is 5.60. The van der Waals surface area contributed by atoms with E-state index in [4.69, 9.17) is 20.9 Å². The number of hydrogen-bond donors (Lipinski definition) is 1. The van der Waals surface area contributed by atoms with Crippen molar-refractivity contribution in [2.24, 2.45) is 0 Å². The lowest BCUT2D eigenvalue weighted by Gasteiger charge is -2.14. The van der Waals surface area contributed by atoms with Gasteiger partial charge in [0.2, 0.25) is 0 Å². The Balaban J connectivity index is 1.71. The fourth-order valence-corrected chi connectivity index (χ4v) is 2.83. The molecular formula is C20H14ClF3N2O4. The molecule has 1 amide bonds. The van der Waals surface area contributed by atoms with Gasteiger partial charge in [0.1, 0.15) is 17.0 Å². The zero-order valence-corrected chi connectivity index (χ0v) is 16.2. The van der Waals surface area contributed by atoms with Gasteiger partial charge in [-0.1, -0.05) is 47.1 Å². The number of alkyl halides is 3. The molecule has 1 heterocycles. The van der Waals surface area contributed by atoms with Crippen LogP contribution in [0.2, 0.25) is 5.02 Å². The van der Waals surface area contributed by atoms with E-state index < -0.39 is 35.9 Å². The van der Waals surface area contributed by atoms with Crippen molar-refractivity contribution >= 4 is 29.2 Å². The highest BCUT2D eigenvalue weighted by molar-refractivity contribution is 6.30. The van der Waals surface area contributed by atoms with Gasteiger partial charge < -0.3 is 14.6 Å². The second-order valence-corrected chi connectivity index (χ2v) is 6.58. The maximum atomic E-state index is 13.1. The Hall–Kier alpha value is -3.33. The summed E-state index contributed by atoms with van der Waals surface area (Å²) in [6.07, 6.45) is -4.73. The predicted molar refractivity (Wildman–Crippen MR) is 102 cm³/mol. The lowest BCUT2D eigenvalue weighted by molar-refractivity contribution is -0.137. The van der Waals surface area contributed by atoms with Crippen molar-refractivity contribution in [1.82, 2.24) is 5.16 Å². The van der Waals surface area contributed by atoms with Crippen LogP contribution in [0.3, 0.4) is 0 Å². The number of rotatable bonds is 5. The van der Waals surface area contributed by atoms with Crippen molar-refractivity contribution < 1.29 is 32.0 Å². The molecule has 156 valence electrons. The van der Waals surface area contributed by atoms with Crippen molar-refractivity contribution in [3.63, 3.8) is 0 Å². The zero-order chi connectivity index (χ0) is 21.9. The van der Waals surface area contributed by atoms with Gasteiger partial charge in [0, 0.05) is 10.6 Å². The Kier molecular flexibility index (Phi) is 6.12. The number of esters is 1. The van der Waals surface area contributed by atoms with Crippen LogP contribution in [0.15, 0.2) is 53.1 Å². The fourth-order valence-electron chi connectivity index (χ4n) is 2.66. The van der Waals surface area contributed by atoms with Crippen LogP contribution in [0.4, 0.5) is 18.9 Å². The van der Waals surface area contributed by atoms with Gasteiger partial charge in [0.15, 0.2) is 6.61 Å². The number of aryl methyl sites for hydroxylation is 1. The molecule has 0 aliphatic carbocycles. The SMILES string of the molecule is Cc1onc(-c2ccccc2)c1C(=O)OCC(=O)Nc1ccc(Cl)cc1C(F)(F)F. The lowest BCUT2D eigenvalue weighted by atomic mass is 10.1. The van der Waals surface area contributed by atoms with E-state index >= 15 is 0 Å². The minimum absolute atomic E-state index is 0.0245. The standard InChI is InChI=1S/C20H14ClF3N2O4/c1-11-17(18(26-30-11)12-5-3-2-4-6-12)19(28)29-10-16(27)25-15-8-7-13(21)9-14(15)20(22,23)24/h2-9H,10H2,1H3,(H,25,27). The van der Waals surface area contributed by atoms with E-state index in [2.05, 4.69) is 10.5 Å². The molecule has 0 aliphatic rings. The number of hydrogen-bond acceptors (Lipinski definition) is 5. The van der Waals surface area contributed by atoms with E-state index in [9.17, 15) is 22.8 Å². The number of aromatic nitrogens is 1. The summed E-state index contributed by atoms with van der Waals surface area (Å²) < 4.78 is 49.4. The molecule has 0 fully saturated rings. The van der Waals surface area contributed by atoms with Crippen molar-refractivity contribution in [3.8, 4) is 11.3 Å². The van der Waals surface area contributed by atoms with E-state index in [1.165, 1.54) is 13.0 Å². The van der Waals surface area contributed by atoms with Crippen molar-refractivity contribution in [1.29, 1.82) is 0 Å². The van der Waals surface area contributed by atoms with Crippen molar-refractivity contribution in [3.05, 3.63) is 70.4 Å². The Labute approximate surface area is 173 Å². The van der Waals surface area contributed by atoms with Gasteiger partial charge in [-0.3, -0.25) is 4.79 Å². The summed E-state index contributed by atoms with van der Waals surface area (Å²) in [5, 5.41) is 5.77. The van der Waals surface area contributed by atoms with Gasteiger partial charge in [-0.25, -0.2) is 4.79 Å². The number of benzene rings is 2. The summed E-state index contributed by atoms with van der Waals surface area (Å²) in [4.78, 5) is 24.5. The van der Waals surface area contributed by atoms with Crippen LogP contribution in [0.25, 0.3) is 11.3 Å². The average Bonchev–Trinajstić information content (AvgIpc) is 3.09. The number of carbonyl (C=O) groups excluding carboxylic acids is 2. The summed E-state index contributed by atoms with van der Waals surface area (Å²) in [6.45, 7) is 0.691. The van der Waals surface area contributed by atoms with E-state index in [0.29, 0.717) is 11.6 Å². The molecule has 3 aromatic rings. The number of nitrogens with one attached hydrogen (secondary N) is 1. The number of ether oxygens (including phenoxy) is 1. The summed E-state index contributed by atoms with van der Waals surface area (Å²) in [5.41, 5.74) is -0.760. The number of amides is 1. The molecule has 0 aliphatic heterocycles. The van der Waals surface area contributed by atoms with Gasteiger partial charge in [-0.05, 0) is 25.1 Å². The molecule has 0 bridgehead atoms. The summed E-state index contributed by atoms with van der Waals surface area (Å²) in [5.74, 6) is -1.67. The molecule has 6 nitrogen and oxygen atoms in total. The van der Waals surface area contributed by atoms with Crippen LogP contribution in [-0.4, -0.2) is 23.6 Å². The second-order valence-electron chi connectivity index (χ2n) is 6.14. The maximum Gasteiger partial charge on any atom is 0.418 e. The molecule has 0 spiro atoms. The van der Waals surface area contributed by atoms with E-state index in [1.54, 1.807) is 30.3 Å². The quantitative estimate of drug-likeness (QED) is 0.559. The first-order valence-electron chi connectivity index (χ1n) is 8.52. The predicted octanol–water partition coefficient (Wildman–Crippen LogP) is 5.12. The van der Waals surface area contributed by atoms with Gasteiger partial charge in [-0.2, -0.15) is 13.2 Å². The van der Waals surface area contributed by atoms with Crippen LogP contribution in [-0.2, 0) is 15.7 Å². The maximum absolute atomic E-state index is 13.1. The Morgan fingerprint density at radius 1 is 1.17 bits per heavy atom. The van der Waals surface area contributed by atoms with Gasteiger partial charge in [0.25, 0.3) is 5.91 Å². The first kappa shape index (κ1) is 21.4. The van der Waals surface area contributed by atoms with E-state index in [0.717, 1.165) is 6.07 Å². The molecule has 1 N–H and O–H groups in total. The van der Waals surface area contributed by atoms with E-state index in [-0.39, 0.29) is 22.0 Å². The summed E-state index contributed by atoms with van der Waals surface area (Å²) in [6, 6.07) is 11.6. The molecule has 0 unspecified atom stereocenters. The molecule has 2 aromatic carbocycles. The number of carbonyl (C=O) groups is 2. The zero-order valence-electron chi connectivity index (χ0n) is 15.4. The average molecular weight is 439 g/mol. The Morgan fingerprint density at radius 3 is 2.53 bits per heavy atom. The number of halogens is 4. The molecular weight excluding hydrogens is 425 g/mol. The second kappa shape index (κ2) is 8.58. The Bertz CT molecular complexity index is 1080. The largest absolute Gasteiger partial charge is 0.452 e. The van der Waals surface area contributed by atoms with Crippen LogP contribution in [0.5, 0.6) is 0 Å². The topological polar surface area (TPSA) is 81.4 Å². The third-order valence-electron chi connectivity index (χ3n) is 4.01. The Morgan fingerprint density at radius 2 is 1.87 bits per heavy atom. The first-order chi connectivity index (χ1) is 14.2. The minimum Gasteiger partial charge on any atom is -0.452 e. The molecule has 3 rings (SSSR count). The third kappa shape index (κ3) is 4.80. The van der Waals surface area contributed by atoms with Gasteiger partial charge in [-0.15, -0.1) is 0 Å². The molecule has 30 heavy (non-hydrogen) atoms. The van der Waals surface area contributed by atoms with Crippen LogP contribution >= 0.6 is 11.6 Å². The van der Waals surface area contributed by atoms with Gasteiger partial charge >= 0.3 is 12.1 Å². The van der Waals surface area contributed by atoms with Crippen molar-refractivity contribution in [2.75, 3.05) is 11.9 Å². The minimum atomic E-state index is -4.73. The molecule has 0 saturated heterocycles. The highest BCUT2D eigenvalue weighted by Crippen LogP contribution is 2.36. The first-order valence-corrected chi connectivity index (χ1v) is 8.90. The number of nitrogens with zero attached hydrogens (tertiary/aromatic N) is 1. The smallest absolute Gasteiger partial charge is 0.418 e. The molecule has 0 atom stereocenters. The monoisotopic (exact) mass is 438 g/mol. The molecule has 0 saturated carbocycles. The fraction of sp³-hybridized carbons (Fsp3) is 0.150. The number of anilines is 1. The van der Waals surface area contributed by atoms with Gasteiger partial charge in [0.05, 0.1) is 11.3 Å².